The van der Waals surface area contributed by atoms with E-state index in [-0.39, 0.29) is 30.0 Å². The number of nitrogens with one attached hydrogen (secondary N) is 2. The van der Waals surface area contributed by atoms with Crippen LogP contribution in [0.25, 0.3) is 11.3 Å². The second-order valence-corrected chi connectivity index (χ2v) is 6.72. The summed E-state index contributed by atoms with van der Waals surface area (Å²) in [5.41, 5.74) is 1.62. The summed E-state index contributed by atoms with van der Waals surface area (Å²) < 4.78 is 43.0. The van der Waals surface area contributed by atoms with Gasteiger partial charge in [-0.25, -0.2) is 4.99 Å². The van der Waals surface area contributed by atoms with E-state index >= 15 is 0 Å². The highest BCUT2D eigenvalue weighted by Gasteiger charge is 2.34. The molecule has 1 saturated heterocycles. The Bertz CT molecular complexity index is 782. The number of alkyl halides is 3. The number of rotatable bonds is 6. The molecule has 1 aliphatic rings. The third-order valence-corrected chi connectivity index (χ3v) is 4.38. The van der Waals surface area contributed by atoms with Crippen molar-refractivity contribution < 1.29 is 17.7 Å². The molecule has 3 rings (SSSR count). The molecule has 2 heterocycles. The second-order valence-electron chi connectivity index (χ2n) is 6.72. The molecule has 29 heavy (non-hydrogen) atoms. The molecule has 1 aromatic heterocycles. The topological polar surface area (TPSA) is 65.7 Å². The van der Waals surface area contributed by atoms with E-state index in [1.165, 1.54) is 4.90 Å². The van der Waals surface area contributed by atoms with Gasteiger partial charge in [0.15, 0.2) is 11.7 Å². The van der Waals surface area contributed by atoms with Crippen LogP contribution < -0.4 is 10.6 Å². The maximum atomic E-state index is 12.5. The number of aliphatic imine (C=N–C) groups is 1. The van der Waals surface area contributed by atoms with Crippen molar-refractivity contribution in [2.75, 3.05) is 26.2 Å². The summed E-state index contributed by atoms with van der Waals surface area (Å²) in [6.07, 6.45) is -3.53. The van der Waals surface area contributed by atoms with Crippen LogP contribution in [-0.2, 0) is 6.54 Å². The Labute approximate surface area is 184 Å². The molecule has 2 N–H and O–H groups in total. The van der Waals surface area contributed by atoms with Gasteiger partial charge in [-0.15, -0.1) is 24.0 Å². The highest BCUT2D eigenvalue weighted by atomic mass is 127. The molecule has 0 amide bonds. The molecular weight excluding hydrogens is 498 g/mol. The maximum Gasteiger partial charge on any atom is 0.401 e. The van der Waals surface area contributed by atoms with Crippen LogP contribution >= 0.6 is 24.0 Å². The lowest BCUT2D eigenvalue weighted by molar-refractivity contribution is -0.143. The molecule has 1 fully saturated rings. The SMILES string of the molecule is CCNC(=NCc1cc(-c2ccccc2)on1)NC1CCN(CC(F)(F)F)C1.I. The van der Waals surface area contributed by atoms with Crippen molar-refractivity contribution in [2.24, 2.45) is 4.99 Å². The Morgan fingerprint density at radius 2 is 2.07 bits per heavy atom. The number of guanidine groups is 1. The molecule has 0 spiro atoms. The minimum atomic E-state index is -4.17. The summed E-state index contributed by atoms with van der Waals surface area (Å²) in [5.74, 6) is 1.23. The van der Waals surface area contributed by atoms with E-state index in [1.54, 1.807) is 0 Å². The standard InChI is InChI=1S/C19H24F3N5O.HI/c1-2-23-18(25-15-8-9-27(12-15)13-19(20,21)22)24-11-16-10-17(28-26-16)14-6-4-3-5-7-14;/h3-7,10,15H,2,8-9,11-13H2,1H3,(H2,23,24,25);1H. The Morgan fingerprint density at radius 1 is 1.31 bits per heavy atom. The number of hydrogen-bond donors (Lipinski definition) is 2. The van der Waals surface area contributed by atoms with Crippen LogP contribution in [0.1, 0.15) is 19.0 Å². The maximum absolute atomic E-state index is 12.5. The zero-order chi connectivity index (χ0) is 20.0. The average Bonchev–Trinajstić information content (AvgIpc) is 3.29. The lowest BCUT2D eigenvalue weighted by Crippen LogP contribution is -2.45. The number of benzene rings is 1. The van der Waals surface area contributed by atoms with Gasteiger partial charge >= 0.3 is 6.18 Å². The smallest absolute Gasteiger partial charge is 0.357 e. The molecule has 1 atom stereocenters. The van der Waals surface area contributed by atoms with Crippen molar-refractivity contribution in [3.05, 3.63) is 42.1 Å². The molecule has 1 unspecified atom stereocenters. The first-order valence-electron chi connectivity index (χ1n) is 9.28. The van der Waals surface area contributed by atoms with Crippen LogP contribution in [0.2, 0.25) is 0 Å². The number of halogens is 4. The van der Waals surface area contributed by atoms with Crippen LogP contribution in [-0.4, -0.2) is 54.4 Å². The first kappa shape index (κ1) is 23.5. The van der Waals surface area contributed by atoms with E-state index in [1.807, 2.05) is 43.3 Å². The molecule has 10 heteroatoms. The Balaban J connectivity index is 0.00000300. The zero-order valence-electron chi connectivity index (χ0n) is 16.1. The van der Waals surface area contributed by atoms with Crippen molar-refractivity contribution >= 4 is 29.9 Å². The molecule has 0 saturated carbocycles. The third kappa shape index (κ3) is 7.50. The van der Waals surface area contributed by atoms with Gasteiger partial charge in [0.05, 0.1) is 13.1 Å². The summed E-state index contributed by atoms with van der Waals surface area (Å²) in [7, 11) is 0. The molecule has 2 aromatic rings. The first-order valence-corrected chi connectivity index (χ1v) is 9.28. The second kappa shape index (κ2) is 10.8. The van der Waals surface area contributed by atoms with Crippen molar-refractivity contribution in [1.82, 2.24) is 20.7 Å². The fourth-order valence-corrected chi connectivity index (χ4v) is 3.15. The van der Waals surface area contributed by atoms with Crippen LogP contribution in [0.3, 0.4) is 0 Å². The van der Waals surface area contributed by atoms with Crippen LogP contribution in [0, 0.1) is 0 Å². The fourth-order valence-electron chi connectivity index (χ4n) is 3.15. The van der Waals surface area contributed by atoms with Crippen molar-refractivity contribution in [1.29, 1.82) is 0 Å². The van der Waals surface area contributed by atoms with Crippen molar-refractivity contribution in [3.8, 4) is 11.3 Å². The van der Waals surface area contributed by atoms with E-state index in [0.29, 0.717) is 50.0 Å². The van der Waals surface area contributed by atoms with E-state index < -0.39 is 12.7 Å². The number of hydrogen-bond acceptors (Lipinski definition) is 4. The quantitative estimate of drug-likeness (QED) is 0.344. The third-order valence-electron chi connectivity index (χ3n) is 4.38. The monoisotopic (exact) mass is 523 g/mol. The fraction of sp³-hybridized carbons (Fsp3) is 0.474. The van der Waals surface area contributed by atoms with Crippen LogP contribution in [0.15, 0.2) is 45.9 Å². The van der Waals surface area contributed by atoms with Gasteiger partial charge in [0, 0.05) is 37.3 Å². The van der Waals surface area contributed by atoms with E-state index in [0.717, 1.165) is 5.56 Å². The molecule has 0 bridgehead atoms. The normalized spacial score (nSPS) is 17.8. The average molecular weight is 523 g/mol. The van der Waals surface area contributed by atoms with Crippen molar-refractivity contribution in [2.45, 2.75) is 32.1 Å². The van der Waals surface area contributed by atoms with E-state index in [9.17, 15) is 13.2 Å². The summed E-state index contributed by atoms with van der Waals surface area (Å²) in [6.45, 7) is 2.78. The minimum Gasteiger partial charge on any atom is -0.357 e. The van der Waals surface area contributed by atoms with Gasteiger partial charge in [-0.05, 0) is 13.3 Å². The van der Waals surface area contributed by atoms with Crippen LogP contribution in [0.5, 0.6) is 0 Å². The van der Waals surface area contributed by atoms with E-state index in [2.05, 4.69) is 20.8 Å². The molecule has 160 valence electrons. The molecule has 0 radical (unpaired) electrons. The van der Waals surface area contributed by atoms with Gasteiger partial charge in [0.1, 0.15) is 5.69 Å². The predicted octanol–water partition coefficient (Wildman–Crippen LogP) is 3.65. The minimum absolute atomic E-state index is 0. The molecule has 6 nitrogen and oxygen atoms in total. The Hall–Kier alpha value is -1.82. The zero-order valence-corrected chi connectivity index (χ0v) is 18.4. The predicted molar refractivity (Wildman–Crippen MR) is 116 cm³/mol. The van der Waals surface area contributed by atoms with Gasteiger partial charge in [-0.2, -0.15) is 13.2 Å². The van der Waals surface area contributed by atoms with Gasteiger partial charge in [0.25, 0.3) is 0 Å². The van der Waals surface area contributed by atoms with E-state index in [4.69, 9.17) is 4.52 Å². The Morgan fingerprint density at radius 3 is 2.76 bits per heavy atom. The largest absolute Gasteiger partial charge is 0.401 e. The number of likely N-dealkylation sites (tertiary alicyclic amines) is 1. The molecule has 1 aliphatic heterocycles. The lowest BCUT2D eigenvalue weighted by Gasteiger charge is -2.19. The Kier molecular flexibility index (Phi) is 8.75. The highest BCUT2D eigenvalue weighted by molar-refractivity contribution is 14.0. The van der Waals surface area contributed by atoms with Gasteiger partial charge in [0.2, 0.25) is 0 Å². The molecule has 1 aromatic carbocycles. The first-order chi connectivity index (χ1) is 13.4. The number of aromatic nitrogens is 1. The van der Waals surface area contributed by atoms with Gasteiger partial charge in [-0.1, -0.05) is 35.5 Å². The lowest BCUT2D eigenvalue weighted by atomic mass is 10.2. The summed E-state index contributed by atoms with van der Waals surface area (Å²) >= 11 is 0. The molecule has 0 aliphatic carbocycles. The number of nitrogens with zero attached hydrogens (tertiary/aromatic N) is 3. The van der Waals surface area contributed by atoms with Crippen LogP contribution in [0.4, 0.5) is 13.2 Å². The van der Waals surface area contributed by atoms with Gasteiger partial charge in [-0.3, -0.25) is 4.90 Å². The summed E-state index contributed by atoms with van der Waals surface area (Å²) in [5, 5.41) is 10.4. The molecular formula is C19H25F3IN5O. The van der Waals surface area contributed by atoms with Gasteiger partial charge < -0.3 is 15.2 Å². The summed E-state index contributed by atoms with van der Waals surface area (Å²) in [4.78, 5) is 5.89. The highest BCUT2D eigenvalue weighted by Crippen LogP contribution is 2.21. The van der Waals surface area contributed by atoms with Crippen molar-refractivity contribution in [3.63, 3.8) is 0 Å². The summed E-state index contributed by atoms with van der Waals surface area (Å²) in [6, 6.07) is 11.4.